The van der Waals surface area contributed by atoms with Crippen molar-refractivity contribution in [1.82, 2.24) is 0 Å². The first kappa shape index (κ1) is 13.1. The van der Waals surface area contributed by atoms with Crippen LogP contribution in [-0.2, 0) is 14.9 Å². The maximum atomic E-state index is 11.5. The second-order valence-electron chi connectivity index (χ2n) is 5.31. The highest BCUT2D eigenvalue weighted by Crippen LogP contribution is 2.43. The molecule has 1 heterocycles. The average molecular weight is 248 g/mol. The molecule has 98 valence electrons. The number of carbonyl (C=O) groups is 1. The molecule has 0 bridgehead atoms. The summed E-state index contributed by atoms with van der Waals surface area (Å²) in [6, 6.07) is 4.17. The highest BCUT2D eigenvalue weighted by molar-refractivity contribution is 5.78. The van der Waals surface area contributed by atoms with Crippen molar-refractivity contribution in [2.45, 2.75) is 32.6 Å². The van der Waals surface area contributed by atoms with E-state index in [1.807, 2.05) is 13.0 Å². The molecule has 1 aliphatic heterocycles. The molecule has 1 aromatic rings. The third-order valence-corrected chi connectivity index (χ3v) is 3.54. The van der Waals surface area contributed by atoms with E-state index in [0.29, 0.717) is 19.6 Å². The lowest BCUT2D eigenvalue weighted by Crippen LogP contribution is -2.48. The van der Waals surface area contributed by atoms with Gasteiger partial charge in [-0.05, 0) is 38.0 Å². The molecule has 1 aliphatic rings. The molecular formula is C15H20O3. The molecule has 3 nitrogen and oxygen atoms in total. The van der Waals surface area contributed by atoms with E-state index in [0.717, 1.165) is 11.3 Å². The molecule has 0 N–H and O–H groups in total. The lowest BCUT2D eigenvalue weighted by atomic mass is 9.72. The van der Waals surface area contributed by atoms with E-state index in [9.17, 15) is 4.79 Å². The molecule has 0 radical (unpaired) electrons. The van der Waals surface area contributed by atoms with Crippen LogP contribution in [0.2, 0.25) is 0 Å². The zero-order valence-corrected chi connectivity index (χ0v) is 11.5. The van der Waals surface area contributed by atoms with E-state index in [1.54, 1.807) is 14.0 Å². The minimum atomic E-state index is -0.186. The van der Waals surface area contributed by atoms with E-state index >= 15 is 0 Å². The van der Waals surface area contributed by atoms with Gasteiger partial charge in [0, 0.05) is 12.0 Å². The van der Waals surface area contributed by atoms with Crippen molar-refractivity contribution in [2.75, 3.05) is 20.3 Å². The van der Waals surface area contributed by atoms with Crippen LogP contribution in [0.15, 0.2) is 12.1 Å². The molecule has 0 spiro atoms. The van der Waals surface area contributed by atoms with Crippen molar-refractivity contribution in [3.05, 3.63) is 28.8 Å². The Kier molecular flexibility index (Phi) is 3.44. The highest BCUT2D eigenvalue weighted by Gasteiger charge is 2.44. The summed E-state index contributed by atoms with van der Waals surface area (Å²) in [6.07, 6.45) is 0.521. The summed E-state index contributed by atoms with van der Waals surface area (Å²) in [7, 11) is 1.68. The maximum absolute atomic E-state index is 11.5. The average Bonchev–Trinajstić information content (AvgIpc) is 2.22. The fourth-order valence-electron chi connectivity index (χ4n) is 2.93. The number of hydrogen-bond acceptors (Lipinski definition) is 3. The van der Waals surface area contributed by atoms with Gasteiger partial charge in [0.2, 0.25) is 0 Å². The SMILES string of the molecule is COc1cc(C)cc(C)c1C1(CC(C)=O)COC1. The van der Waals surface area contributed by atoms with Crippen LogP contribution in [0.25, 0.3) is 0 Å². The van der Waals surface area contributed by atoms with Gasteiger partial charge in [-0.15, -0.1) is 0 Å². The predicted molar refractivity (Wildman–Crippen MR) is 70.3 cm³/mol. The summed E-state index contributed by atoms with van der Waals surface area (Å²) in [5.41, 5.74) is 3.30. The number of aryl methyl sites for hydroxylation is 2. The van der Waals surface area contributed by atoms with Crippen LogP contribution >= 0.6 is 0 Å². The third-order valence-electron chi connectivity index (χ3n) is 3.54. The topological polar surface area (TPSA) is 35.5 Å². The van der Waals surface area contributed by atoms with Crippen molar-refractivity contribution < 1.29 is 14.3 Å². The van der Waals surface area contributed by atoms with Crippen LogP contribution < -0.4 is 4.74 Å². The van der Waals surface area contributed by atoms with E-state index in [1.165, 1.54) is 11.1 Å². The highest BCUT2D eigenvalue weighted by atomic mass is 16.5. The van der Waals surface area contributed by atoms with Crippen molar-refractivity contribution in [2.24, 2.45) is 0 Å². The van der Waals surface area contributed by atoms with Gasteiger partial charge in [-0.1, -0.05) is 6.07 Å². The number of rotatable bonds is 4. The summed E-state index contributed by atoms with van der Waals surface area (Å²) < 4.78 is 10.9. The predicted octanol–water partition coefficient (Wildman–Crippen LogP) is 2.56. The normalized spacial score (nSPS) is 17.1. The van der Waals surface area contributed by atoms with E-state index in [4.69, 9.17) is 9.47 Å². The van der Waals surface area contributed by atoms with E-state index in [-0.39, 0.29) is 11.2 Å². The Bertz CT molecular complexity index is 473. The largest absolute Gasteiger partial charge is 0.496 e. The zero-order valence-electron chi connectivity index (χ0n) is 11.5. The molecule has 0 amide bonds. The molecule has 0 aliphatic carbocycles. The summed E-state index contributed by atoms with van der Waals surface area (Å²) in [4.78, 5) is 11.5. The number of methoxy groups -OCH3 is 1. The molecule has 0 atom stereocenters. The molecular weight excluding hydrogens is 228 g/mol. The standard InChI is InChI=1S/C15H20O3/c1-10-5-11(2)14(13(6-10)17-4)15(7-12(3)16)8-18-9-15/h5-6H,7-9H2,1-4H3. The van der Waals surface area contributed by atoms with Crippen LogP contribution in [0.3, 0.4) is 0 Å². The van der Waals surface area contributed by atoms with Crippen LogP contribution in [0, 0.1) is 13.8 Å². The van der Waals surface area contributed by atoms with Crippen LogP contribution in [-0.4, -0.2) is 26.1 Å². The van der Waals surface area contributed by atoms with Gasteiger partial charge in [-0.2, -0.15) is 0 Å². The van der Waals surface area contributed by atoms with Gasteiger partial charge < -0.3 is 9.47 Å². The fourth-order valence-corrected chi connectivity index (χ4v) is 2.93. The Balaban J connectivity index is 2.51. The molecule has 3 heteroatoms. The van der Waals surface area contributed by atoms with Gasteiger partial charge in [0.05, 0.1) is 25.7 Å². The number of Topliss-reactive ketones (excluding diaryl/α,β-unsaturated/α-hetero) is 1. The Morgan fingerprint density at radius 1 is 1.39 bits per heavy atom. The number of carbonyl (C=O) groups excluding carboxylic acids is 1. The smallest absolute Gasteiger partial charge is 0.130 e. The second kappa shape index (κ2) is 4.73. The number of hydrogen-bond donors (Lipinski definition) is 0. The Hall–Kier alpha value is -1.35. The summed E-state index contributed by atoms with van der Waals surface area (Å²) in [5.74, 6) is 1.07. The van der Waals surface area contributed by atoms with Crippen molar-refractivity contribution in [3.8, 4) is 5.75 Å². The first-order valence-corrected chi connectivity index (χ1v) is 6.21. The molecule has 0 aromatic heterocycles. The van der Waals surface area contributed by atoms with Gasteiger partial charge >= 0.3 is 0 Å². The molecule has 1 saturated heterocycles. The summed E-state index contributed by atoms with van der Waals surface area (Å²) >= 11 is 0. The Morgan fingerprint density at radius 3 is 2.50 bits per heavy atom. The van der Waals surface area contributed by atoms with E-state index < -0.39 is 0 Å². The lowest BCUT2D eigenvalue weighted by molar-refractivity contribution is -0.125. The Labute approximate surface area is 108 Å². The minimum absolute atomic E-state index is 0.186. The van der Waals surface area contributed by atoms with Crippen LogP contribution in [0.5, 0.6) is 5.75 Å². The lowest BCUT2D eigenvalue weighted by Gasteiger charge is -2.43. The third kappa shape index (κ3) is 2.15. The molecule has 1 aromatic carbocycles. The van der Waals surface area contributed by atoms with Gasteiger partial charge in [-0.25, -0.2) is 0 Å². The molecule has 0 unspecified atom stereocenters. The number of ether oxygens (including phenoxy) is 2. The molecule has 1 fully saturated rings. The van der Waals surface area contributed by atoms with Crippen LogP contribution in [0.4, 0.5) is 0 Å². The number of benzene rings is 1. The van der Waals surface area contributed by atoms with Gasteiger partial charge in [0.1, 0.15) is 11.5 Å². The second-order valence-corrected chi connectivity index (χ2v) is 5.31. The Morgan fingerprint density at radius 2 is 2.06 bits per heavy atom. The fraction of sp³-hybridized carbons (Fsp3) is 0.533. The molecule has 18 heavy (non-hydrogen) atoms. The van der Waals surface area contributed by atoms with Crippen molar-refractivity contribution >= 4 is 5.78 Å². The summed E-state index contributed by atoms with van der Waals surface area (Å²) in [5, 5.41) is 0. The van der Waals surface area contributed by atoms with Gasteiger partial charge in [0.25, 0.3) is 0 Å². The summed E-state index contributed by atoms with van der Waals surface area (Å²) in [6.45, 7) is 6.97. The van der Waals surface area contributed by atoms with E-state index in [2.05, 4.69) is 13.0 Å². The monoisotopic (exact) mass is 248 g/mol. The van der Waals surface area contributed by atoms with Crippen molar-refractivity contribution in [3.63, 3.8) is 0 Å². The first-order chi connectivity index (χ1) is 8.48. The number of ketones is 1. The van der Waals surface area contributed by atoms with Crippen molar-refractivity contribution in [1.29, 1.82) is 0 Å². The van der Waals surface area contributed by atoms with Gasteiger partial charge in [0.15, 0.2) is 0 Å². The van der Waals surface area contributed by atoms with Crippen LogP contribution in [0.1, 0.15) is 30.0 Å². The molecule has 2 rings (SSSR count). The quantitative estimate of drug-likeness (QED) is 0.821. The van der Waals surface area contributed by atoms with Gasteiger partial charge in [-0.3, -0.25) is 4.79 Å². The molecule has 0 saturated carbocycles. The first-order valence-electron chi connectivity index (χ1n) is 6.21. The maximum Gasteiger partial charge on any atom is 0.130 e. The minimum Gasteiger partial charge on any atom is -0.496 e. The zero-order chi connectivity index (χ0) is 13.3.